The maximum atomic E-state index is 10.4. The second-order valence-corrected chi connectivity index (χ2v) is 3.51. The van der Waals surface area contributed by atoms with E-state index in [4.69, 9.17) is 9.84 Å². The molecule has 0 atom stereocenters. The van der Waals surface area contributed by atoms with Crippen LogP contribution in [0.1, 0.15) is 19.8 Å². The van der Waals surface area contributed by atoms with E-state index in [1.54, 1.807) is 0 Å². The Morgan fingerprint density at radius 3 is 2.69 bits per heavy atom. The van der Waals surface area contributed by atoms with Crippen molar-refractivity contribution in [1.82, 2.24) is 4.90 Å². The summed E-state index contributed by atoms with van der Waals surface area (Å²) in [6.45, 7) is 2.86. The fourth-order valence-electron chi connectivity index (χ4n) is 1.61. The number of carboxylic acid groups (broad SMARTS) is 1. The van der Waals surface area contributed by atoms with Gasteiger partial charge >= 0.3 is 5.97 Å². The van der Waals surface area contributed by atoms with Crippen LogP contribution in [-0.4, -0.2) is 48.3 Å². The Bertz CT molecular complexity index is 178. The molecule has 0 heterocycles. The Morgan fingerprint density at radius 2 is 2.23 bits per heavy atom. The van der Waals surface area contributed by atoms with Gasteiger partial charge in [-0.05, 0) is 26.8 Å². The number of carboxylic acids is 1. The highest BCUT2D eigenvalue weighted by atomic mass is 16.5. The van der Waals surface area contributed by atoms with E-state index < -0.39 is 5.97 Å². The van der Waals surface area contributed by atoms with Crippen LogP contribution in [0.5, 0.6) is 0 Å². The number of rotatable bonds is 5. The normalized spacial score (nSPS) is 27.3. The number of hydrogen-bond donors (Lipinski definition) is 1. The summed E-state index contributed by atoms with van der Waals surface area (Å²) in [4.78, 5) is 12.3. The summed E-state index contributed by atoms with van der Waals surface area (Å²) in [5, 5.41) is 8.55. The Hall–Kier alpha value is -0.610. The van der Waals surface area contributed by atoms with Crippen molar-refractivity contribution in [3.63, 3.8) is 0 Å². The van der Waals surface area contributed by atoms with Crippen molar-refractivity contribution in [3.05, 3.63) is 0 Å². The van der Waals surface area contributed by atoms with Crippen LogP contribution in [0.2, 0.25) is 0 Å². The highest BCUT2D eigenvalue weighted by Crippen LogP contribution is 2.27. The fourth-order valence-corrected chi connectivity index (χ4v) is 1.61. The van der Waals surface area contributed by atoms with Gasteiger partial charge in [0.2, 0.25) is 0 Å². The first-order valence-electron chi connectivity index (χ1n) is 4.67. The molecule has 1 aliphatic carbocycles. The second-order valence-electron chi connectivity index (χ2n) is 3.51. The van der Waals surface area contributed by atoms with Crippen molar-refractivity contribution in [3.8, 4) is 0 Å². The van der Waals surface area contributed by atoms with E-state index in [0.29, 0.717) is 12.1 Å². The van der Waals surface area contributed by atoms with Crippen LogP contribution in [0.4, 0.5) is 0 Å². The highest BCUT2D eigenvalue weighted by molar-refractivity contribution is 5.69. The summed E-state index contributed by atoms with van der Waals surface area (Å²) in [7, 11) is 1.85. The molecule has 0 aromatic carbocycles. The number of aliphatic carboxylic acids is 1. The molecule has 1 rings (SSSR count). The average molecular weight is 187 g/mol. The van der Waals surface area contributed by atoms with E-state index in [-0.39, 0.29) is 6.54 Å². The second kappa shape index (κ2) is 4.58. The van der Waals surface area contributed by atoms with Crippen molar-refractivity contribution < 1.29 is 14.6 Å². The SMILES string of the molecule is CCOC1CC(N(C)CC(=O)O)C1. The van der Waals surface area contributed by atoms with Gasteiger partial charge in [-0.1, -0.05) is 0 Å². The summed E-state index contributed by atoms with van der Waals surface area (Å²) in [5.74, 6) is -0.762. The number of ether oxygens (including phenoxy) is 1. The molecule has 0 aliphatic heterocycles. The molecule has 0 bridgehead atoms. The third-order valence-electron chi connectivity index (χ3n) is 2.48. The molecule has 76 valence electrons. The van der Waals surface area contributed by atoms with Gasteiger partial charge in [-0.3, -0.25) is 9.69 Å². The van der Waals surface area contributed by atoms with Crippen molar-refractivity contribution in [2.75, 3.05) is 20.2 Å². The molecule has 0 unspecified atom stereocenters. The summed E-state index contributed by atoms with van der Waals surface area (Å²) in [5.41, 5.74) is 0. The van der Waals surface area contributed by atoms with Gasteiger partial charge in [-0.15, -0.1) is 0 Å². The highest BCUT2D eigenvalue weighted by Gasteiger charge is 2.32. The lowest BCUT2D eigenvalue weighted by molar-refractivity contribution is -0.140. The van der Waals surface area contributed by atoms with Crippen molar-refractivity contribution in [2.24, 2.45) is 0 Å². The van der Waals surface area contributed by atoms with Gasteiger partial charge in [0.05, 0.1) is 12.6 Å². The maximum Gasteiger partial charge on any atom is 0.317 e. The lowest BCUT2D eigenvalue weighted by Gasteiger charge is -2.40. The third-order valence-corrected chi connectivity index (χ3v) is 2.48. The summed E-state index contributed by atoms with van der Waals surface area (Å²) < 4.78 is 5.39. The molecule has 0 saturated heterocycles. The smallest absolute Gasteiger partial charge is 0.317 e. The van der Waals surface area contributed by atoms with E-state index >= 15 is 0 Å². The minimum absolute atomic E-state index is 0.128. The minimum Gasteiger partial charge on any atom is -0.480 e. The van der Waals surface area contributed by atoms with Crippen LogP contribution >= 0.6 is 0 Å². The topological polar surface area (TPSA) is 49.8 Å². The van der Waals surface area contributed by atoms with E-state index in [2.05, 4.69) is 0 Å². The van der Waals surface area contributed by atoms with Gasteiger partial charge in [0.25, 0.3) is 0 Å². The number of carbonyl (C=O) groups is 1. The zero-order chi connectivity index (χ0) is 9.84. The van der Waals surface area contributed by atoms with Gasteiger partial charge in [0.15, 0.2) is 0 Å². The van der Waals surface area contributed by atoms with E-state index in [9.17, 15) is 4.79 Å². The van der Waals surface area contributed by atoms with Crippen molar-refractivity contribution in [1.29, 1.82) is 0 Å². The molecule has 1 N–H and O–H groups in total. The Balaban J connectivity index is 2.15. The van der Waals surface area contributed by atoms with E-state index in [1.165, 1.54) is 0 Å². The predicted molar refractivity (Wildman–Crippen MR) is 48.7 cm³/mol. The molecule has 0 radical (unpaired) electrons. The zero-order valence-corrected chi connectivity index (χ0v) is 8.19. The largest absolute Gasteiger partial charge is 0.480 e. The molecule has 13 heavy (non-hydrogen) atoms. The Kier molecular flexibility index (Phi) is 3.69. The molecule has 0 aromatic rings. The number of hydrogen-bond acceptors (Lipinski definition) is 3. The minimum atomic E-state index is -0.762. The third kappa shape index (κ3) is 2.97. The van der Waals surface area contributed by atoms with Crippen molar-refractivity contribution >= 4 is 5.97 Å². The van der Waals surface area contributed by atoms with Crippen molar-refractivity contribution in [2.45, 2.75) is 31.9 Å². The van der Waals surface area contributed by atoms with E-state index in [0.717, 1.165) is 19.4 Å². The molecule has 0 spiro atoms. The Labute approximate surface area is 78.5 Å². The van der Waals surface area contributed by atoms with Crippen LogP contribution in [0.15, 0.2) is 0 Å². The molecule has 0 amide bonds. The molecule has 1 aliphatic rings. The van der Waals surface area contributed by atoms with Gasteiger partial charge in [-0.25, -0.2) is 0 Å². The lowest BCUT2D eigenvalue weighted by atomic mass is 9.88. The molecule has 4 heteroatoms. The molecule has 0 aromatic heterocycles. The molecular formula is C9H17NO3. The van der Waals surface area contributed by atoms with Gasteiger partial charge in [0.1, 0.15) is 0 Å². The predicted octanol–water partition coefficient (Wildman–Crippen LogP) is 0.570. The number of likely N-dealkylation sites (N-methyl/N-ethyl adjacent to an activating group) is 1. The molecule has 1 saturated carbocycles. The summed E-state index contributed by atoms with van der Waals surface area (Å²) in [6.07, 6.45) is 2.29. The van der Waals surface area contributed by atoms with Gasteiger partial charge in [-0.2, -0.15) is 0 Å². The van der Waals surface area contributed by atoms with Gasteiger partial charge in [0, 0.05) is 12.6 Å². The zero-order valence-electron chi connectivity index (χ0n) is 8.19. The monoisotopic (exact) mass is 187 g/mol. The first-order valence-corrected chi connectivity index (χ1v) is 4.67. The molecular weight excluding hydrogens is 170 g/mol. The summed E-state index contributed by atoms with van der Waals surface area (Å²) in [6, 6.07) is 0.396. The fraction of sp³-hybridized carbons (Fsp3) is 0.889. The Morgan fingerprint density at radius 1 is 1.62 bits per heavy atom. The lowest BCUT2D eigenvalue weighted by Crippen LogP contribution is -2.47. The number of nitrogens with zero attached hydrogens (tertiary/aromatic N) is 1. The molecule has 4 nitrogen and oxygen atoms in total. The molecule has 1 fully saturated rings. The average Bonchev–Trinajstić information content (AvgIpc) is 1.93. The van der Waals surface area contributed by atoms with Gasteiger partial charge < -0.3 is 9.84 Å². The summed E-state index contributed by atoms with van der Waals surface area (Å²) >= 11 is 0. The van der Waals surface area contributed by atoms with Crippen LogP contribution in [0.3, 0.4) is 0 Å². The van der Waals surface area contributed by atoms with Crippen LogP contribution < -0.4 is 0 Å². The van der Waals surface area contributed by atoms with Crippen LogP contribution in [-0.2, 0) is 9.53 Å². The van der Waals surface area contributed by atoms with Crippen LogP contribution in [0.25, 0.3) is 0 Å². The first-order chi connectivity index (χ1) is 6.13. The quantitative estimate of drug-likeness (QED) is 0.683. The standard InChI is InChI=1S/C9H17NO3/c1-3-13-8-4-7(5-8)10(2)6-9(11)12/h7-8H,3-6H2,1-2H3,(H,11,12). The maximum absolute atomic E-state index is 10.4. The van der Waals surface area contributed by atoms with Crippen LogP contribution in [0, 0.1) is 0 Å². The first kappa shape index (κ1) is 10.5. The van der Waals surface area contributed by atoms with E-state index in [1.807, 2.05) is 18.9 Å².